The SMILES string of the molecule is CNc1nc(NC2C(C)(C)C2(C)C)nc(OC)n1. The van der Waals surface area contributed by atoms with E-state index in [4.69, 9.17) is 4.74 Å². The Morgan fingerprint density at radius 3 is 2.00 bits per heavy atom. The van der Waals surface area contributed by atoms with Crippen LogP contribution in [0, 0.1) is 10.8 Å². The van der Waals surface area contributed by atoms with Gasteiger partial charge in [-0.2, -0.15) is 15.0 Å². The van der Waals surface area contributed by atoms with Crippen LogP contribution in [0.25, 0.3) is 0 Å². The Morgan fingerprint density at radius 1 is 1.00 bits per heavy atom. The Bertz CT molecular complexity index is 422. The number of nitrogens with one attached hydrogen (secondary N) is 2. The summed E-state index contributed by atoms with van der Waals surface area (Å²) in [6.45, 7) is 8.95. The summed E-state index contributed by atoms with van der Waals surface area (Å²) in [5.74, 6) is 1.05. The molecule has 1 saturated carbocycles. The molecule has 1 aliphatic rings. The van der Waals surface area contributed by atoms with Crippen LogP contribution in [0.1, 0.15) is 27.7 Å². The number of hydrogen-bond acceptors (Lipinski definition) is 6. The first-order chi connectivity index (χ1) is 8.32. The zero-order valence-electron chi connectivity index (χ0n) is 11.8. The molecular formula is C12H21N5O. The molecule has 100 valence electrons. The van der Waals surface area contributed by atoms with Gasteiger partial charge in [0.15, 0.2) is 0 Å². The van der Waals surface area contributed by atoms with Crippen LogP contribution < -0.4 is 15.4 Å². The van der Waals surface area contributed by atoms with Gasteiger partial charge in [-0.3, -0.25) is 0 Å². The van der Waals surface area contributed by atoms with E-state index >= 15 is 0 Å². The van der Waals surface area contributed by atoms with E-state index in [0.717, 1.165) is 0 Å². The van der Waals surface area contributed by atoms with Crippen LogP contribution >= 0.6 is 0 Å². The molecule has 18 heavy (non-hydrogen) atoms. The predicted molar refractivity (Wildman–Crippen MR) is 70.9 cm³/mol. The third-order valence-corrected chi connectivity index (χ3v) is 4.32. The molecule has 0 amide bonds. The number of rotatable bonds is 4. The molecule has 6 nitrogen and oxygen atoms in total. The van der Waals surface area contributed by atoms with Crippen molar-refractivity contribution in [3.63, 3.8) is 0 Å². The maximum atomic E-state index is 5.06. The lowest BCUT2D eigenvalue weighted by molar-refractivity contribution is 0.379. The maximum Gasteiger partial charge on any atom is 0.322 e. The number of anilines is 2. The van der Waals surface area contributed by atoms with Crippen molar-refractivity contribution in [2.45, 2.75) is 33.7 Å². The lowest BCUT2D eigenvalue weighted by Gasteiger charge is -2.09. The minimum atomic E-state index is 0.229. The van der Waals surface area contributed by atoms with Gasteiger partial charge >= 0.3 is 6.01 Å². The molecule has 0 aliphatic heterocycles. The normalized spacial score (nSPS) is 20.3. The zero-order valence-corrected chi connectivity index (χ0v) is 11.8. The Labute approximate surface area is 108 Å². The molecule has 2 N–H and O–H groups in total. The standard InChI is InChI=1S/C12H21N5O/c1-11(2)7(12(11,3)4)14-9-15-8(13-5)16-10(17-9)18-6/h7H,1-6H3,(H2,13,14,15,16,17). The van der Waals surface area contributed by atoms with Crippen LogP contribution in [0.4, 0.5) is 11.9 Å². The molecule has 1 aromatic heterocycles. The van der Waals surface area contributed by atoms with Gasteiger partial charge in [0.25, 0.3) is 0 Å². The summed E-state index contributed by atoms with van der Waals surface area (Å²) in [6.07, 6.45) is 0. The van der Waals surface area contributed by atoms with Gasteiger partial charge in [0.2, 0.25) is 11.9 Å². The monoisotopic (exact) mass is 251 g/mol. The summed E-state index contributed by atoms with van der Waals surface area (Å²) < 4.78 is 5.06. The first kappa shape index (κ1) is 12.9. The molecule has 0 aromatic carbocycles. The van der Waals surface area contributed by atoms with E-state index in [-0.39, 0.29) is 10.8 Å². The quantitative estimate of drug-likeness (QED) is 0.849. The lowest BCUT2D eigenvalue weighted by atomic mass is 10.0. The first-order valence-electron chi connectivity index (χ1n) is 6.07. The summed E-state index contributed by atoms with van der Waals surface area (Å²) in [6, 6.07) is 0.662. The van der Waals surface area contributed by atoms with Crippen molar-refractivity contribution >= 4 is 11.9 Å². The largest absolute Gasteiger partial charge is 0.467 e. The smallest absolute Gasteiger partial charge is 0.322 e. The fraction of sp³-hybridized carbons (Fsp3) is 0.750. The van der Waals surface area contributed by atoms with Gasteiger partial charge in [0, 0.05) is 13.1 Å². The van der Waals surface area contributed by atoms with Gasteiger partial charge in [-0.15, -0.1) is 0 Å². The van der Waals surface area contributed by atoms with E-state index < -0.39 is 0 Å². The number of aromatic nitrogens is 3. The van der Waals surface area contributed by atoms with Crippen molar-refractivity contribution in [2.75, 3.05) is 24.8 Å². The van der Waals surface area contributed by atoms with Crippen LogP contribution in [0.5, 0.6) is 6.01 Å². The molecule has 1 aliphatic carbocycles. The molecule has 0 unspecified atom stereocenters. The average molecular weight is 251 g/mol. The number of hydrogen-bond donors (Lipinski definition) is 2. The molecule has 0 radical (unpaired) electrons. The predicted octanol–water partition coefficient (Wildman–Crippen LogP) is 1.77. The highest BCUT2D eigenvalue weighted by Gasteiger charge is 2.65. The average Bonchev–Trinajstić information content (AvgIpc) is 2.71. The summed E-state index contributed by atoms with van der Waals surface area (Å²) in [4.78, 5) is 12.6. The van der Waals surface area contributed by atoms with Crippen LogP contribution in [0.3, 0.4) is 0 Å². The maximum absolute atomic E-state index is 5.06. The van der Waals surface area contributed by atoms with E-state index in [2.05, 4.69) is 53.3 Å². The zero-order chi connectivity index (χ0) is 13.6. The third kappa shape index (κ3) is 1.85. The number of nitrogens with zero attached hydrogens (tertiary/aromatic N) is 3. The Kier molecular flexibility index (Phi) is 2.83. The van der Waals surface area contributed by atoms with E-state index in [1.165, 1.54) is 0 Å². The Hall–Kier alpha value is -1.59. The first-order valence-corrected chi connectivity index (χ1v) is 6.07. The topological polar surface area (TPSA) is 72.0 Å². The molecule has 0 atom stereocenters. The second-order valence-corrected chi connectivity index (χ2v) is 5.74. The van der Waals surface area contributed by atoms with E-state index in [9.17, 15) is 0 Å². The van der Waals surface area contributed by atoms with Crippen molar-refractivity contribution in [1.82, 2.24) is 15.0 Å². The summed E-state index contributed by atoms with van der Waals surface area (Å²) in [7, 11) is 3.31. The van der Waals surface area contributed by atoms with Crippen molar-refractivity contribution in [3.05, 3.63) is 0 Å². The van der Waals surface area contributed by atoms with E-state index in [1.807, 2.05) is 0 Å². The molecular weight excluding hydrogens is 230 g/mol. The van der Waals surface area contributed by atoms with Gasteiger partial charge in [-0.1, -0.05) is 27.7 Å². The van der Waals surface area contributed by atoms with Crippen LogP contribution in [-0.4, -0.2) is 35.2 Å². The fourth-order valence-electron chi connectivity index (χ4n) is 2.31. The molecule has 6 heteroatoms. The molecule has 0 bridgehead atoms. The Balaban J connectivity index is 2.20. The van der Waals surface area contributed by atoms with Gasteiger partial charge in [-0.05, 0) is 10.8 Å². The van der Waals surface area contributed by atoms with Gasteiger partial charge in [0.05, 0.1) is 7.11 Å². The van der Waals surface area contributed by atoms with Crippen molar-refractivity contribution in [1.29, 1.82) is 0 Å². The summed E-state index contributed by atoms with van der Waals surface area (Å²) >= 11 is 0. The van der Waals surface area contributed by atoms with Crippen molar-refractivity contribution in [3.8, 4) is 6.01 Å². The second kappa shape index (κ2) is 3.96. The van der Waals surface area contributed by atoms with Gasteiger partial charge < -0.3 is 15.4 Å². The fourth-order valence-corrected chi connectivity index (χ4v) is 2.31. The van der Waals surface area contributed by atoms with Gasteiger partial charge in [-0.25, -0.2) is 0 Å². The molecule has 0 spiro atoms. The lowest BCUT2D eigenvalue weighted by Crippen LogP contribution is -2.14. The number of ether oxygens (including phenoxy) is 1. The highest BCUT2D eigenvalue weighted by molar-refractivity contribution is 5.40. The summed E-state index contributed by atoms with van der Waals surface area (Å²) in [5.41, 5.74) is 0.458. The van der Waals surface area contributed by atoms with E-state index in [0.29, 0.717) is 23.9 Å². The van der Waals surface area contributed by atoms with Crippen LogP contribution in [-0.2, 0) is 0 Å². The molecule has 1 fully saturated rings. The minimum Gasteiger partial charge on any atom is -0.467 e. The highest BCUT2D eigenvalue weighted by atomic mass is 16.5. The minimum absolute atomic E-state index is 0.229. The number of methoxy groups -OCH3 is 1. The van der Waals surface area contributed by atoms with E-state index in [1.54, 1.807) is 14.2 Å². The molecule has 1 heterocycles. The van der Waals surface area contributed by atoms with Crippen molar-refractivity contribution < 1.29 is 4.74 Å². The Morgan fingerprint density at radius 2 is 1.56 bits per heavy atom. The molecule has 1 aromatic rings. The van der Waals surface area contributed by atoms with Gasteiger partial charge in [0.1, 0.15) is 0 Å². The summed E-state index contributed by atoms with van der Waals surface area (Å²) in [5, 5.41) is 6.26. The second-order valence-electron chi connectivity index (χ2n) is 5.74. The third-order valence-electron chi connectivity index (χ3n) is 4.32. The molecule has 0 saturated heterocycles. The van der Waals surface area contributed by atoms with Crippen LogP contribution in [0.15, 0.2) is 0 Å². The molecule has 2 rings (SSSR count). The van der Waals surface area contributed by atoms with Crippen LogP contribution in [0.2, 0.25) is 0 Å². The van der Waals surface area contributed by atoms with Crippen molar-refractivity contribution in [2.24, 2.45) is 10.8 Å². The highest BCUT2D eigenvalue weighted by Crippen LogP contribution is 2.63.